The fourth-order valence-electron chi connectivity index (χ4n) is 2.70. The SMILES string of the molecule is COc1ccc(CNC(=NCc2ccn(C)c2)NCc2nnc(C)n2C)cc1. The van der Waals surface area contributed by atoms with E-state index in [-0.39, 0.29) is 0 Å². The summed E-state index contributed by atoms with van der Waals surface area (Å²) < 4.78 is 9.19. The smallest absolute Gasteiger partial charge is 0.192 e. The van der Waals surface area contributed by atoms with E-state index in [1.165, 1.54) is 0 Å². The number of benzene rings is 1. The number of ether oxygens (including phenoxy) is 1. The summed E-state index contributed by atoms with van der Waals surface area (Å²) in [5, 5.41) is 15.0. The minimum Gasteiger partial charge on any atom is -0.497 e. The second-order valence-electron chi connectivity index (χ2n) is 6.63. The monoisotopic (exact) mass is 381 g/mol. The van der Waals surface area contributed by atoms with Crippen molar-refractivity contribution in [1.82, 2.24) is 30.0 Å². The van der Waals surface area contributed by atoms with E-state index in [1.54, 1.807) is 7.11 Å². The number of nitrogens with zero attached hydrogens (tertiary/aromatic N) is 5. The Kier molecular flexibility index (Phi) is 6.31. The number of hydrogen-bond donors (Lipinski definition) is 2. The predicted molar refractivity (Wildman–Crippen MR) is 109 cm³/mol. The molecular weight excluding hydrogens is 354 g/mol. The van der Waals surface area contributed by atoms with Crippen LogP contribution in [0.3, 0.4) is 0 Å². The molecule has 3 aromatic rings. The fourth-order valence-corrected chi connectivity index (χ4v) is 2.70. The van der Waals surface area contributed by atoms with E-state index in [9.17, 15) is 0 Å². The average Bonchev–Trinajstić information content (AvgIpc) is 3.27. The van der Waals surface area contributed by atoms with E-state index < -0.39 is 0 Å². The van der Waals surface area contributed by atoms with Crippen LogP contribution in [0.15, 0.2) is 47.7 Å². The summed E-state index contributed by atoms with van der Waals surface area (Å²) in [7, 11) is 5.63. The van der Waals surface area contributed by atoms with Crippen LogP contribution in [-0.4, -0.2) is 32.4 Å². The molecule has 0 spiro atoms. The van der Waals surface area contributed by atoms with Crippen molar-refractivity contribution in [2.24, 2.45) is 19.1 Å². The largest absolute Gasteiger partial charge is 0.497 e. The Morgan fingerprint density at radius 3 is 2.39 bits per heavy atom. The van der Waals surface area contributed by atoms with Gasteiger partial charge in [0.05, 0.1) is 20.2 Å². The molecular formula is C20H27N7O. The van der Waals surface area contributed by atoms with Crippen molar-refractivity contribution in [3.05, 3.63) is 65.5 Å². The molecule has 0 aliphatic heterocycles. The summed E-state index contributed by atoms with van der Waals surface area (Å²) in [6.07, 6.45) is 4.09. The molecule has 8 nitrogen and oxygen atoms in total. The van der Waals surface area contributed by atoms with Gasteiger partial charge in [0.2, 0.25) is 0 Å². The maximum absolute atomic E-state index is 5.21. The van der Waals surface area contributed by atoms with Crippen molar-refractivity contribution in [3.8, 4) is 5.75 Å². The van der Waals surface area contributed by atoms with E-state index in [4.69, 9.17) is 9.73 Å². The minimum absolute atomic E-state index is 0.542. The molecule has 0 amide bonds. The zero-order valence-electron chi connectivity index (χ0n) is 16.8. The zero-order chi connectivity index (χ0) is 19.9. The Morgan fingerprint density at radius 2 is 1.79 bits per heavy atom. The van der Waals surface area contributed by atoms with Crippen LogP contribution < -0.4 is 15.4 Å². The molecule has 0 aliphatic rings. The zero-order valence-corrected chi connectivity index (χ0v) is 16.8. The minimum atomic E-state index is 0.542. The standard InChI is InChI=1S/C20H27N7O/c1-15-24-25-19(27(15)3)13-23-20(22-12-17-9-10-26(2)14-17)21-11-16-5-7-18(28-4)8-6-16/h5-10,14H,11-13H2,1-4H3,(H2,21,22,23). The van der Waals surface area contributed by atoms with Gasteiger partial charge in [0.15, 0.2) is 11.8 Å². The Bertz CT molecular complexity index is 924. The summed E-state index contributed by atoms with van der Waals surface area (Å²) in [6.45, 7) is 3.72. The van der Waals surface area contributed by atoms with Gasteiger partial charge in [-0.25, -0.2) is 4.99 Å². The predicted octanol–water partition coefficient (Wildman–Crippen LogP) is 1.91. The van der Waals surface area contributed by atoms with E-state index in [0.717, 1.165) is 34.5 Å². The topological polar surface area (TPSA) is 81.3 Å². The van der Waals surface area contributed by atoms with Crippen molar-refractivity contribution < 1.29 is 4.74 Å². The van der Waals surface area contributed by atoms with Crippen molar-refractivity contribution in [2.45, 2.75) is 26.6 Å². The first-order valence-electron chi connectivity index (χ1n) is 9.16. The highest BCUT2D eigenvalue weighted by Gasteiger charge is 2.07. The summed E-state index contributed by atoms with van der Waals surface area (Å²) in [5.74, 6) is 3.31. The number of nitrogens with one attached hydrogen (secondary N) is 2. The molecule has 1 aromatic carbocycles. The molecule has 2 N–H and O–H groups in total. The Hall–Kier alpha value is -3.29. The van der Waals surface area contributed by atoms with Gasteiger partial charge in [0.1, 0.15) is 11.6 Å². The number of rotatable bonds is 7. The fraction of sp³-hybridized carbons (Fsp3) is 0.350. The van der Waals surface area contributed by atoms with Gasteiger partial charge in [-0.2, -0.15) is 0 Å². The third kappa shape index (κ3) is 5.12. The molecule has 0 saturated heterocycles. The molecule has 3 rings (SSSR count). The van der Waals surface area contributed by atoms with Gasteiger partial charge < -0.3 is 24.5 Å². The molecule has 0 atom stereocenters. The van der Waals surface area contributed by atoms with Crippen LogP contribution in [0.5, 0.6) is 5.75 Å². The third-order valence-corrected chi connectivity index (χ3v) is 4.53. The Balaban J connectivity index is 1.66. The molecule has 0 bridgehead atoms. The van der Waals surface area contributed by atoms with Gasteiger partial charge in [-0.1, -0.05) is 12.1 Å². The number of aliphatic imine (C=N–C) groups is 1. The van der Waals surface area contributed by atoms with E-state index in [1.807, 2.05) is 60.6 Å². The highest BCUT2D eigenvalue weighted by atomic mass is 16.5. The van der Waals surface area contributed by atoms with E-state index in [2.05, 4.69) is 33.1 Å². The van der Waals surface area contributed by atoms with Gasteiger partial charge in [0, 0.05) is 33.0 Å². The highest BCUT2D eigenvalue weighted by molar-refractivity contribution is 5.79. The lowest BCUT2D eigenvalue weighted by Crippen LogP contribution is -2.37. The molecule has 0 radical (unpaired) electrons. The Labute approximate surface area is 165 Å². The first-order valence-corrected chi connectivity index (χ1v) is 9.16. The van der Waals surface area contributed by atoms with Crippen LogP contribution in [-0.2, 0) is 33.7 Å². The number of guanidine groups is 1. The molecule has 8 heteroatoms. The van der Waals surface area contributed by atoms with E-state index >= 15 is 0 Å². The maximum Gasteiger partial charge on any atom is 0.192 e. The normalized spacial score (nSPS) is 11.5. The molecule has 0 saturated carbocycles. The number of aryl methyl sites for hydroxylation is 2. The third-order valence-electron chi connectivity index (χ3n) is 4.53. The lowest BCUT2D eigenvalue weighted by Gasteiger charge is -2.13. The van der Waals surface area contributed by atoms with Crippen LogP contribution in [0.25, 0.3) is 0 Å². The van der Waals surface area contributed by atoms with Crippen molar-refractivity contribution in [1.29, 1.82) is 0 Å². The van der Waals surface area contributed by atoms with Gasteiger partial charge in [-0.15, -0.1) is 10.2 Å². The van der Waals surface area contributed by atoms with E-state index in [0.29, 0.717) is 19.6 Å². The highest BCUT2D eigenvalue weighted by Crippen LogP contribution is 2.11. The van der Waals surface area contributed by atoms with Crippen molar-refractivity contribution in [3.63, 3.8) is 0 Å². The Morgan fingerprint density at radius 1 is 1.04 bits per heavy atom. The summed E-state index contributed by atoms with van der Waals surface area (Å²) in [6, 6.07) is 10.0. The summed E-state index contributed by atoms with van der Waals surface area (Å²) in [5.41, 5.74) is 2.30. The van der Waals surface area contributed by atoms with Crippen molar-refractivity contribution >= 4 is 5.96 Å². The molecule has 0 unspecified atom stereocenters. The number of methoxy groups -OCH3 is 1. The van der Waals surface area contributed by atoms with Crippen LogP contribution in [0.2, 0.25) is 0 Å². The maximum atomic E-state index is 5.21. The molecule has 2 aromatic heterocycles. The summed E-state index contributed by atoms with van der Waals surface area (Å²) >= 11 is 0. The lowest BCUT2D eigenvalue weighted by molar-refractivity contribution is 0.414. The van der Waals surface area contributed by atoms with Crippen LogP contribution in [0, 0.1) is 6.92 Å². The molecule has 0 aliphatic carbocycles. The van der Waals surface area contributed by atoms with Crippen molar-refractivity contribution in [2.75, 3.05) is 7.11 Å². The summed E-state index contributed by atoms with van der Waals surface area (Å²) in [4.78, 5) is 4.71. The number of hydrogen-bond acceptors (Lipinski definition) is 4. The van der Waals surface area contributed by atoms with Gasteiger partial charge >= 0.3 is 0 Å². The second-order valence-corrected chi connectivity index (χ2v) is 6.63. The molecule has 0 fully saturated rings. The molecule has 148 valence electrons. The quantitative estimate of drug-likeness (QED) is 0.483. The van der Waals surface area contributed by atoms with Crippen LogP contribution >= 0.6 is 0 Å². The lowest BCUT2D eigenvalue weighted by atomic mass is 10.2. The first kappa shape index (κ1) is 19.5. The second kappa shape index (κ2) is 9.07. The average molecular weight is 381 g/mol. The van der Waals surface area contributed by atoms with Gasteiger partial charge in [0.25, 0.3) is 0 Å². The first-order chi connectivity index (χ1) is 13.5. The molecule has 28 heavy (non-hydrogen) atoms. The van der Waals surface area contributed by atoms with Crippen LogP contribution in [0.1, 0.15) is 22.8 Å². The number of aromatic nitrogens is 4. The molecule has 2 heterocycles. The van der Waals surface area contributed by atoms with Gasteiger partial charge in [-0.05, 0) is 36.2 Å². The van der Waals surface area contributed by atoms with Gasteiger partial charge in [-0.3, -0.25) is 0 Å². The van der Waals surface area contributed by atoms with Crippen LogP contribution in [0.4, 0.5) is 0 Å².